The minimum Gasteiger partial charge on any atom is -0.338 e. The van der Waals surface area contributed by atoms with Gasteiger partial charge in [-0.05, 0) is 43.5 Å². The molecule has 1 fully saturated rings. The molecule has 1 aromatic heterocycles. The molecular formula is C22H22N2OS. The smallest absolute Gasteiger partial charge is 0.246 e. The third-order valence-corrected chi connectivity index (χ3v) is 6.09. The van der Waals surface area contributed by atoms with Gasteiger partial charge in [0.25, 0.3) is 0 Å². The van der Waals surface area contributed by atoms with Crippen LogP contribution in [0.4, 0.5) is 0 Å². The first kappa shape index (κ1) is 17.0. The number of hydrogen-bond acceptors (Lipinski definition) is 3. The molecule has 132 valence electrons. The Balaban J connectivity index is 1.45. The molecule has 1 atom stereocenters. The second-order valence-corrected chi connectivity index (χ2v) is 7.95. The molecule has 0 unspecified atom stereocenters. The van der Waals surface area contributed by atoms with E-state index in [9.17, 15) is 4.79 Å². The molecule has 3 aromatic rings. The van der Waals surface area contributed by atoms with Crippen molar-refractivity contribution < 1.29 is 4.79 Å². The fourth-order valence-corrected chi connectivity index (χ4v) is 4.49. The predicted octanol–water partition coefficient (Wildman–Crippen LogP) is 5.02. The maximum absolute atomic E-state index is 12.6. The van der Waals surface area contributed by atoms with Crippen LogP contribution in [0.3, 0.4) is 0 Å². The molecule has 2 aromatic carbocycles. The van der Waals surface area contributed by atoms with Crippen molar-refractivity contribution in [3.63, 3.8) is 0 Å². The summed E-state index contributed by atoms with van der Waals surface area (Å²) in [5, 5.41) is 1.16. The number of piperidine rings is 1. The molecular weight excluding hydrogens is 340 g/mol. The van der Waals surface area contributed by atoms with Crippen molar-refractivity contribution in [2.24, 2.45) is 0 Å². The number of carbonyl (C=O) groups excluding carboxylic acids is 1. The molecule has 1 aliphatic rings. The summed E-state index contributed by atoms with van der Waals surface area (Å²) in [6.07, 6.45) is 5.74. The first-order valence-electron chi connectivity index (χ1n) is 9.08. The highest BCUT2D eigenvalue weighted by molar-refractivity contribution is 7.18. The van der Waals surface area contributed by atoms with E-state index < -0.39 is 0 Å². The van der Waals surface area contributed by atoms with E-state index in [2.05, 4.69) is 37.3 Å². The second-order valence-electron chi connectivity index (χ2n) is 6.89. The van der Waals surface area contributed by atoms with E-state index in [1.165, 1.54) is 10.3 Å². The summed E-state index contributed by atoms with van der Waals surface area (Å²) in [4.78, 5) is 19.4. The Labute approximate surface area is 158 Å². The molecule has 26 heavy (non-hydrogen) atoms. The Morgan fingerprint density at radius 2 is 2.00 bits per heavy atom. The van der Waals surface area contributed by atoms with Gasteiger partial charge >= 0.3 is 0 Å². The topological polar surface area (TPSA) is 33.2 Å². The van der Waals surface area contributed by atoms with Gasteiger partial charge < -0.3 is 4.90 Å². The molecule has 1 aliphatic heterocycles. The summed E-state index contributed by atoms with van der Waals surface area (Å²) in [6, 6.07) is 16.5. The Hall–Kier alpha value is -2.46. The summed E-state index contributed by atoms with van der Waals surface area (Å²) >= 11 is 1.76. The van der Waals surface area contributed by atoms with Crippen molar-refractivity contribution in [2.45, 2.75) is 25.7 Å². The van der Waals surface area contributed by atoms with E-state index in [0.717, 1.165) is 42.0 Å². The molecule has 1 saturated heterocycles. The number of amides is 1. The lowest BCUT2D eigenvalue weighted by Gasteiger charge is -2.31. The molecule has 0 spiro atoms. The van der Waals surface area contributed by atoms with Gasteiger partial charge in [-0.25, -0.2) is 4.98 Å². The standard InChI is InChI=1S/C22H22N2OS/c1-16-8-10-17(11-9-16)12-13-21(25)24-14-4-5-18(15-24)22-23-19-6-2-3-7-20(19)26-22/h2-3,6-13,18H,4-5,14-15H2,1H3/b13-12+/t18-/m0/s1. The number of hydrogen-bond donors (Lipinski definition) is 0. The van der Waals surface area contributed by atoms with E-state index in [4.69, 9.17) is 4.98 Å². The third-order valence-electron chi connectivity index (χ3n) is 4.89. The van der Waals surface area contributed by atoms with Crippen LogP contribution in [0.15, 0.2) is 54.6 Å². The normalized spacial score (nSPS) is 17.9. The molecule has 3 nitrogen and oxygen atoms in total. The Morgan fingerprint density at radius 1 is 1.19 bits per heavy atom. The van der Waals surface area contributed by atoms with Gasteiger partial charge in [-0.3, -0.25) is 4.79 Å². The van der Waals surface area contributed by atoms with Crippen molar-refractivity contribution in [1.29, 1.82) is 0 Å². The number of thiazole rings is 1. The molecule has 1 amide bonds. The summed E-state index contributed by atoms with van der Waals surface area (Å²) < 4.78 is 1.23. The van der Waals surface area contributed by atoms with E-state index in [1.54, 1.807) is 17.4 Å². The van der Waals surface area contributed by atoms with Crippen LogP contribution in [0.5, 0.6) is 0 Å². The van der Waals surface area contributed by atoms with Crippen molar-refractivity contribution in [3.05, 3.63) is 70.7 Å². The van der Waals surface area contributed by atoms with Crippen LogP contribution in [0.2, 0.25) is 0 Å². The lowest BCUT2D eigenvalue weighted by Crippen LogP contribution is -2.38. The molecule has 0 N–H and O–H groups in total. The van der Waals surface area contributed by atoms with Gasteiger partial charge in [0.2, 0.25) is 5.91 Å². The third kappa shape index (κ3) is 3.70. The number of rotatable bonds is 3. The molecule has 0 saturated carbocycles. The number of para-hydroxylation sites is 1. The number of aryl methyl sites for hydroxylation is 1. The first-order chi connectivity index (χ1) is 12.7. The Morgan fingerprint density at radius 3 is 2.81 bits per heavy atom. The van der Waals surface area contributed by atoms with Gasteiger partial charge in [-0.1, -0.05) is 42.0 Å². The maximum atomic E-state index is 12.6. The molecule has 0 bridgehead atoms. The van der Waals surface area contributed by atoms with Crippen molar-refractivity contribution >= 4 is 33.5 Å². The number of nitrogens with zero attached hydrogens (tertiary/aromatic N) is 2. The number of aromatic nitrogens is 1. The Kier molecular flexibility index (Phi) is 4.85. The van der Waals surface area contributed by atoms with Gasteiger partial charge in [-0.15, -0.1) is 11.3 Å². The summed E-state index contributed by atoms with van der Waals surface area (Å²) in [7, 11) is 0. The van der Waals surface area contributed by atoms with E-state index >= 15 is 0 Å². The molecule has 0 aliphatic carbocycles. The van der Waals surface area contributed by atoms with Gasteiger partial charge in [-0.2, -0.15) is 0 Å². The highest BCUT2D eigenvalue weighted by Gasteiger charge is 2.25. The summed E-state index contributed by atoms with van der Waals surface area (Å²) in [5.74, 6) is 0.439. The van der Waals surface area contributed by atoms with Crippen LogP contribution in [0.25, 0.3) is 16.3 Å². The van der Waals surface area contributed by atoms with Crippen LogP contribution >= 0.6 is 11.3 Å². The average molecular weight is 362 g/mol. The lowest BCUT2D eigenvalue weighted by molar-refractivity contribution is -0.127. The van der Waals surface area contributed by atoms with E-state index in [-0.39, 0.29) is 5.91 Å². The Bertz CT molecular complexity index is 909. The zero-order valence-corrected chi connectivity index (χ0v) is 15.7. The minimum absolute atomic E-state index is 0.0939. The quantitative estimate of drug-likeness (QED) is 0.613. The fraction of sp³-hybridized carbons (Fsp3) is 0.273. The summed E-state index contributed by atoms with van der Waals surface area (Å²) in [5.41, 5.74) is 3.35. The predicted molar refractivity (Wildman–Crippen MR) is 108 cm³/mol. The van der Waals surface area contributed by atoms with E-state index in [1.807, 2.05) is 29.2 Å². The zero-order chi connectivity index (χ0) is 17.9. The van der Waals surface area contributed by atoms with Crippen molar-refractivity contribution in [1.82, 2.24) is 9.88 Å². The van der Waals surface area contributed by atoms with Crippen LogP contribution in [0.1, 0.15) is 34.9 Å². The summed E-state index contributed by atoms with van der Waals surface area (Å²) in [6.45, 7) is 3.66. The van der Waals surface area contributed by atoms with Crippen LogP contribution < -0.4 is 0 Å². The maximum Gasteiger partial charge on any atom is 0.246 e. The molecule has 0 radical (unpaired) electrons. The van der Waals surface area contributed by atoms with Crippen LogP contribution in [-0.4, -0.2) is 28.9 Å². The lowest BCUT2D eigenvalue weighted by atomic mass is 9.98. The van der Waals surface area contributed by atoms with Crippen LogP contribution in [0, 0.1) is 6.92 Å². The monoisotopic (exact) mass is 362 g/mol. The highest BCUT2D eigenvalue weighted by atomic mass is 32.1. The van der Waals surface area contributed by atoms with Gasteiger partial charge in [0.15, 0.2) is 0 Å². The highest BCUT2D eigenvalue weighted by Crippen LogP contribution is 2.33. The van der Waals surface area contributed by atoms with Gasteiger partial charge in [0.05, 0.1) is 15.2 Å². The van der Waals surface area contributed by atoms with Crippen molar-refractivity contribution in [3.8, 4) is 0 Å². The number of carbonyl (C=O) groups is 1. The first-order valence-corrected chi connectivity index (χ1v) is 9.90. The minimum atomic E-state index is 0.0939. The second kappa shape index (κ2) is 7.42. The SMILES string of the molecule is Cc1ccc(/C=C/C(=O)N2CCC[C@H](c3nc4ccccc4s3)C2)cc1. The number of fused-ring (bicyclic) bond motifs is 1. The fourth-order valence-electron chi connectivity index (χ4n) is 3.39. The van der Waals surface area contributed by atoms with E-state index in [0.29, 0.717) is 5.92 Å². The largest absolute Gasteiger partial charge is 0.338 e. The average Bonchev–Trinajstić information content (AvgIpc) is 3.12. The number of likely N-dealkylation sites (tertiary alicyclic amines) is 1. The van der Waals surface area contributed by atoms with Crippen LogP contribution in [-0.2, 0) is 4.79 Å². The van der Waals surface area contributed by atoms with Crippen molar-refractivity contribution in [2.75, 3.05) is 13.1 Å². The van der Waals surface area contributed by atoms with Gasteiger partial charge in [0, 0.05) is 25.1 Å². The molecule has 4 rings (SSSR count). The molecule has 2 heterocycles. The number of benzene rings is 2. The molecule has 4 heteroatoms. The van der Waals surface area contributed by atoms with Gasteiger partial charge in [0.1, 0.15) is 0 Å². The zero-order valence-electron chi connectivity index (χ0n) is 14.9.